The molecule has 0 saturated carbocycles. The molecule has 39 heavy (non-hydrogen) atoms. The summed E-state index contributed by atoms with van der Waals surface area (Å²) in [7, 11) is 0. The van der Waals surface area contributed by atoms with E-state index in [9.17, 15) is 14.9 Å². The zero-order valence-electron chi connectivity index (χ0n) is 22.1. The lowest BCUT2D eigenvalue weighted by Gasteiger charge is -2.33. The molecule has 0 fully saturated rings. The number of fused-ring (bicyclic) bond motifs is 2. The smallest absolute Gasteiger partial charge is 0.341 e. The van der Waals surface area contributed by atoms with Gasteiger partial charge in [0.2, 0.25) is 0 Å². The van der Waals surface area contributed by atoms with Crippen molar-refractivity contribution < 1.29 is 18.7 Å². The van der Waals surface area contributed by atoms with Gasteiger partial charge in [-0.25, -0.2) is 9.78 Å². The number of esters is 1. The summed E-state index contributed by atoms with van der Waals surface area (Å²) in [4.78, 5) is 32.7. The van der Waals surface area contributed by atoms with Crippen LogP contribution in [0.15, 0.2) is 22.8 Å². The normalized spacial score (nSPS) is 15.1. The highest BCUT2D eigenvalue weighted by molar-refractivity contribution is 7.21. The number of carbonyl (C=O) groups excluding carboxylic acids is 2. The van der Waals surface area contributed by atoms with Gasteiger partial charge in [0.05, 0.1) is 29.7 Å². The summed E-state index contributed by atoms with van der Waals surface area (Å²) in [6.45, 7) is 8.67. The van der Waals surface area contributed by atoms with Crippen LogP contribution in [0.1, 0.15) is 70.1 Å². The highest BCUT2D eigenvalue weighted by atomic mass is 32.1. The van der Waals surface area contributed by atoms with Crippen molar-refractivity contribution in [3.8, 4) is 17.4 Å². The Labute approximate surface area is 233 Å². The van der Waals surface area contributed by atoms with Crippen molar-refractivity contribution in [2.24, 2.45) is 11.3 Å². The minimum Gasteiger partial charge on any atom is -0.464 e. The first-order chi connectivity index (χ1) is 18.5. The first-order valence-corrected chi connectivity index (χ1v) is 14.3. The number of ether oxygens (including phenoxy) is 1. The van der Waals surface area contributed by atoms with E-state index in [1.807, 2.05) is 0 Å². The first-order valence-electron chi connectivity index (χ1n) is 12.6. The second-order valence-corrected chi connectivity index (χ2v) is 12.7. The number of carbonyl (C=O) groups is 2. The first kappa shape index (κ1) is 26.7. The number of nitrogens with zero attached hydrogens (tertiary/aromatic N) is 2. The van der Waals surface area contributed by atoms with E-state index in [4.69, 9.17) is 20.6 Å². The van der Waals surface area contributed by atoms with Gasteiger partial charge in [-0.1, -0.05) is 20.8 Å². The van der Waals surface area contributed by atoms with E-state index in [1.165, 1.54) is 17.6 Å². The Hall–Kier alpha value is -3.88. The third-order valence-electron chi connectivity index (χ3n) is 7.19. The molecule has 1 atom stereocenters. The van der Waals surface area contributed by atoms with Crippen LogP contribution in [-0.2, 0) is 17.6 Å². The van der Waals surface area contributed by atoms with Crippen molar-refractivity contribution in [1.82, 2.24) is 4.98 Å². The van der Waals surface area contributed by atoms with Gasteiger partial charge >= 0.3 is 5.97 Å². The summed E-state index contributed by atoms with van der Waals surface area (Å²) in [5.41, 5.74) is 14.8. The van der Waals surface area contributed by atoms with Crippen molar-refractivity contribution in [3.05, 3.63) is 44.8 Å². The number of hydrogen-bond acceptors (Lipinski definition) is 10. The average molecular weight is 564 g/mol. The molecule has 11 heteroatoms. The molecule has 0 aromatic carbocycles. The molecule has 202 valence electrons. The van der Waals surface area contributed by atoms with Crippen LogP contribution in [0, 0.1) is 22.7 Å². The second-order valence-electron chi connectivity index (χ2n) is 10.5. The monoisotopic (exact) mass is 563 g/mol. The van der Waals surface area contributed by atoms with Gasteiger partial charge in [0, 0.05) is 10.3 Å². The number of furan rings is 1. The van der Waals surface area contributed by atoms with E-state index >= 15 is 0 Å². The Kier molecular flexibility index (Phi) is 6.86. The Morgan fingerprint density at radius 1 is 1.31 bits per heavy atom. The van der Waals surface area contributed by atoms with Crippen LogP contribution in [0.2, 0.25) is 0 Å². The summed E-state index contributed by atoms with van der Waals surface area (Å²) in [5.74, 6) is -0.0440. The number of nitriles is 1. The lowest BCUT2D eigenvalue weighted by atomic mass is 9.72. The van der Waals surface area contributed by atoms with Gasteiger partial charge in [0.1, 0.15) is 37.9 Å². The Balaban J connectivity index is 1.58. The number of amides is 1. The maximum absolute atomic E-state index is 13.6. The SMILES string of the molecule is CCOC(=O)c1c(NC(=O)c2sc3nc(N)c(C#N)c(-c4ccco4)c3c2N)sc2c1CCC(C(C)(C)C)C2. The summed E-state index contributed by atoms with van der Waals surface area (Å²) in [5, 5.41) is 13.6. The minimum absolute atomic E-state index is 0.0218. The molecule has 0 radical (unpaired) electrons. The fourth-order valence-electron chi connectivity index (χ4n) is 5.11. The predicted octanol–water partition coefficient (Wildman–Crippen LogP) is 6.23. The molecule has 1 aliphatic carbocycles. The topological polar surface area (TPSA) is 157 Å². The zero-order valence-corrected chi connectivity index (χ0v) is 23.8. The number of anilines is 3. The fraction of sp³-hybridized carbons (Fsp3) is 0.357. The number of nitrogen functional groups attached to an aromatic ring is 2. The van der Waals surface area contributed by atoms with Crippen LogP contribution in [0.4, 0.5) is 16.5 Å². The molecular weight excluding hydrogens is 534 g/mol. The van der Waals surface area contributed by atoms with Crippen LogP contribution >= 0.6 is 22.7 Å². The number of nitrogens with two attached hydrogens (primary N) is 2. The van der Waals surface area contributed by atoms with Gasteiger partial charge in [0.25, 0.3) is 5.91 Å². The van der Waals surface area contributed by atoms with Crippen molar-refractivity contribution in [2.75, 3.05) is 23.4 Å². The quantitative estimate of drug-likeness (QED) is 0.241. The van der Waals surface area contributed by atoms with Crippen molar-refractivity contribution in [2.45, 2.75) is 47.0 Å². The van der Waals surface area contributed by atoms with Gasteiger partial charge in [-0.15, -0.1) is 22.7 Å². The summed E-state index contributed by atoms with van der Waals surface area (Å²) in [6.07, 6.45) is 4.02. The third kappa shape index (κ3) is 4.64. The molecule has 1 amide bonds. The van der Waals surface area contributed by atoms with E-state index in [2.05, 4.69) is 37.1 Å². The molecule has 5 N–H and O–H groups in total. The molecule has 4 aromatic rings. The van der Waals surface area contributed by atoms with Crippen LogP contribution in [0.5, 0.6) is 0 Å². The van der Waals surface area contributed by atoms with Crippen LogP contribution in [0.3, 0.4) is 0 Å². The molecule has 0 spiro atoms. The zero-order chi connectivity index (χ0) is 28.1. The number of hydrogen-bond donors (Lipinski definition) is 3. The van der Waals surface area contributed by atoms with Crippen LogP contribution in [-0.4, -0.2) is 23.5 Å². The second kappa shape index (κ2) is 10.0. The molecule has 0 aliphatic heterocycles. The van der Waals surface area contributed by atoms with Gasteiger partial charge in [-0.05, 0) is 55.2 Å². The predicted molar refractivity (Wildman–Crippen MR) is 154 cm³/mol. The van der Waals surface area contributed by atoms with Gasteiger partial charge in [-0.3, -0.25) is 4.79 Å². The number of aromatic nitrogens is 1. The van der Waals surface area contributed by atoms with Gasteiger partial charge < -0.3 is 25.9 Å². The molecule has 4 aromatic heterocycles. The Bertz CT molecular complexity index is 1640. The molecule has 4 heterocycles. The van der Waals surface area contributed by atoms with Gasteiger partial charge in [0.15, 0.2) is 0 Å². The molecule has 9 nitrogen and oxygen atoms in total. The van der Waals surface area contributed by atoms with Crippen LogP contribution in [0.25, 0.3) is 21.5 Å². The molecule has 0 bridgehead atoms. The number of thiophene rings is 2. The van der Waals surface area contributed by atoms with Crippen LogP contribution < -0.4 is 16.8 Å². The number of nitrogens with one attached hydrogen (secondary N) is 1. The standard InChI is InChI=1S/C28H29N5O4S2/c1-5-36-27(35)19-14-9-8-13(28(2,3)4)11-17(14)38-25(19)33-24(34)22-21(30)20-18(16-7-6-10-37-16)15(12-29)23(31)32-26(20)39-22/h6-7,10,13H,5,8-9,11,30H2,1-4H3,(H2,31,32)(H,33,34). The molecule has 1 aliphatic rings. The fourth-order valence-corrected chi connectivity index (χ4v) is 7.43. The lowest BCUT2D eigenvalue weighted by Crippen LogP contribution is -2.26. The molecule has 1 unspecified atom stereocenters. The largest absolute Gasteiger partial charge is 0.464 e. The summed E-state index contributed by atoms with van der Waals surface area (Å²) >= 11 is 2.49. The van der Waals surface area contributed by atoms with Crippen molar-refractivity contribution in [1.29, 1.82) is 5.26 Å². The number of rotatable bonds is 5. The maximum Gasteiger partial charge on any atom is 0.341 e. The third-order valence-corrected chi connectivity index (χ3v) is 9.45. The van der Waals surface area contributed by atoms with E-state index in [0.717, 1.165) is 41.0 Å². The maximum atomic E-state index is 13.6. The van der Waals surface area contributed by atoms with E-state index in [-0.39, 0.29) is 34.0 Å². The van der Waals surface area contributed by atoms with Crippen molar-refractivity contribution in [3.63, 3.8) is 0 Å². The van der Waals surface area contributed by atoms with Crippen molar-refractivity contribution >= 4 is 61.3 Å². The highest BCUT2D eigenvalue weighted by Crippen LogP contribution is 2.46. The Morgan fingerprint density at radius 2 is 2.08 bits per heavy atom. The van der Waals surface area contributed by atoms with E-state index < -0.39 is 11.9 Å². The number of pyridine rings is 1. The molecular formula is C28H29N5O4S2. The molecule has 0 saturated heterocycles. The summed E-state index contributed by atoms with van der Waals surface area (Å²) in [6, 6.07) is 5.46. The minimum atomic E-state index is -0.477. The van der Waals surface area contributed by atoms with E-state index in [0.29, 0.717) is 38.0 Å². The average Bonchev–Trinajstić information content (AvgIpc) is 3.60. The Morgan fingerprint density at radius 3 is 2.72 bits per heavy atom. The lowest BCUT2D eigenvalue weighted by molar-refractivity contribution is 0.0526. The molecule has 5 rings (SSSR count). The highest BCUT2D eigenvalue weighted by Gasteiger charge is 2.35. The van der Waals surface area contributed by atoms with Gasteiger partial charge in [-0.2, -0.15) is 5.26 Å². The summed E-state index contributed by atoms with van der Waals surface area (Å²) < 4.78 is 10.9. The van der Waals surface area contributed by atoms with E-state index in [1.54, 1.807) is 19.1 Å².